The molecule has 1 rings (SSSR count). The number of thiophene rings is 1. The van der Waals surface area contributed by atoms with E-state index in [0.29, 0.717) is 6.61 Å². The van der Waals surface area contributed by atoms with E-state index in [1.807, 2.05) is 11.4 Å². The number of ether oxygens (including phenoxy) is 1. The largest absolute Gasteiger partial charge is 0.394 e. The van der Waals surface area contributed by atoms with Crippen molar-refractivity contribution in [3.05, 3.63) is 20.8 Å². The van der Waals surface area contributed by atoms with Gasteiger partial charge >= 0.3 is 0 Å². The van der Waals surface area contributed by atoms with E-state index < -0.39 is 0 Å². The molecular weight excluding hydrogens is 266 g/mol. The van der Waals surface area contributed by atoms with Crippen LogP contribution in [0, 0.1) is 0 Å². The molecule has 1 aromatic heterocycles. The van der Waals surface area contributed by atoms with Crippen molar-refractivity contribution in [2.75, 3.05) is 26.9 Å². The van der Waals surface area contributed by atoms with E-state index in [2.05, 4.69) is 21.2 Å². The molecule has 1 unspecified atom stereocenters. The summed E-state index contributed by atoms with van der Waals surface area (Å²) in [6, 6.07) is 1.99. The van der Waals surface area contributed by atoms with Gasteiger partial charge in [-0.3, -0.25) is 0 Å². The van der Waals surface area contributed by atoms with Crippen molar-refractivity contribution in [2.45, 2.75) is 6.04 Å². The minimum atomic E-state index is -0.000440. The second-order valence-corrected chi connectivity index (χ2v) is 4.62. The van der Waals surface area contributed by atoms with Crippen LogP contribution in [0.25, 0.3) is 0 Å². The van der Waals surface area contributed by atoms with Gasteiger partial charge in [0.15, 0.2) is 0 Å². The van der Waals surface area contributed by atoms with E-state index in [9.17, 15) is 5.11 Å². The first-order valence-corrected chi connectivity index (χ1v) is 6.03. The van der Waals surface area contributed by atoms with E-state index in [0.717, 1.165) is 15.9 Å². The molecule has 0 fully saturated rings. The Bertz CT molecular complexity index is 267. The summed E-state index contributed by atoms with van der Waals surface area (Å²) >= 11 is 5.07. The van der Waals surface area contributed by atoms with Crippen LogP contribution < -0.4 is 5.32 Å². The minimum Gasteiger partial charge on any atom is -0.394 e. The topological polar surface area (TPSA) is 41.5 Å². The predicted molar refractivity (Wildman–Crippen MR) is 61.7 cm³/mol. The average molecular weight is 280 g/mol. The molecule has 0 saturated carbocycles. The normalized spacial score (nSPS) is 13.1. The lowest BCUT2D eigenvalue weighted by atomic mass is 10.2. The van der Waals surface area contributed by atoms with Crippen LogP contribution in [-0.4, -0.2) is 32.0 Å². The number of methoxy groups -OCH3 is 1. The van der Waals surface area contributed by atoms with Crippen LogP contribution in [-0.2, 0) is 4.74 Å². The van der Waals surface area contributed by atoms with Crippen molar-refractivity contribution in [1.82, 2.24) is 5.32 Å². The van der Waals surface area contributed by atoms with Crippen LogP contribution >= 0.6 is 27.3 Å². The molecule has 14 heavy (non-hydrogen) atoms. The fourth-order valence-electron chi connectivity index (χ4n) is 1.13. The summed E-state index contributed by atoms with van der Waals surface area (Å²) in [4.78, 5) is 1.13. The number of nitrogens with one attached hydrogen (secondary N) is 1. The fraction of sp³-hybridized carbons (Fsp3) is 0.556. The van der Waals surface area contributed by atoms with Crippen LogP contribution in [0.15, 0.2) is 15.9 Å². The van der Waals surface area contributed by atoms with E-state index in [-0.39, 0.29) is 12.6 Å². The van der Waals surface area contributed by atoms with Crippen molar-refractivity contribution in [3.63, 3.8) is 0 Å². The fourth-order valence-corrected chi connectivity index (χ4v) is 2.85. The number of hydrogen-bond donors (Lipinski definition) is 2. The molecule has 3 nitrogen and oxygen atoms in total. The molecule has 1 heterocycles. The summed E-state index contributed by atoms with van der Waals surface area (Å²) in [6.07, 6.45) is 0. The molecule has 0 bridgehead atoms. The maximum Gasteiger partial charge on any atom is 0.0662 e. The van der Waals surface area contributed by atoms with Crippen molar-refractivity contribution in [3.8, 4) is 0 Å². The number of halogens is 1. The Balaban J connectivity index is 2.50. The Kier molecular flexibility index (Phi) is 5.66. The van der Waals surface area contributed by atoms with Gasteiger partial charge in [-0.2, -0.15) is 0 Å². The lowest BCUT2D eigenvalue weighted by molar-refractivity contribution is 0.184. The number of rotatable bonds is 6. The molecule has 0 aliphatic carbocycles. The highest BCUT2D eigenvalue weighted by Crippen LogP contribution is 2.28. The third kappa shape index (κ3) is 3.33. The van der Waals surface area contributed by atoms with Gasteiger partial charge in [-0.05, 0) is 27.4 Å². The van der Waals surface area contributed by atoms with Crippen LogP contribution in [0.3, 0.4) is 0 Å². The van der Waals surface area contributed by atoms with Gasteiger partial charge in [0.1, 0.15) is 0 Å². The quantitative estimate of drug-likeness (QED) is 0.780. The third-order valence-electron chi connectivity index (χ3n) is 1.84. The number of aliphatic hydroxyl groups is 1. The molecule has 0 saturated heterocycles. The zero-order chi connectivity index (χ0) is 10.4. The molecule has 80 valence electrons. The zero-order valence-corrected chi connectivity index (χ0v) is 10.4. The van der Waals surface area contributed by atoms with E-state index in [4.69, 9.17) is 4.74 Å². The predicted octanol–water partition coefficient (Wildman–Crippen LogP) is 1.78. The van der Waals surface area contributed by atoms with E-state index >= 15 is 0 Å². The van der Waals surface area contributed by atoms with Crippen molar-refractivity contribution in [2.24, 2.45) is 0 Å². The van der Waals surface area contributed by atoms with E-state index in [1.54, 1.807) is 18.4 Å². The molecule has 0 aliphatic heterocycles. The standard InChI is InChI=1S/C9H14BrNO2S/c1-13-4-3-11-8(6-12)9-7(10)2-5-14-9/h2,5,8,11-12H,3-4,6H2,1H3. The third-order valence-corrected chi connectivity index (χ3v) is 3.83. The molecule has 0 aromatic carbocycles. The maximum atomic E-state index is 9.20. The average Bonchev–Trinajstić information content (AvgIpc) is 2.60. The summed E-state index contributed by atoms with van der Waals surface area (Å²) in [6.45, 7) is 1.49. The molecular formula is C9H14BrNO2S. The molecule has 0 amide bonds. The zero-order valence-electron chi connectivity index (χ0n) is 8.00. The first-order chi connectivity index (χ1) is 6.79. The first kappa shape index (κ1) is 12.1. The highest BCUT2D eigenvalue weighted by Gasteiger charge is 2.13. The van der Waals surface area contributed by atoms with Gasteiger partial charge < -0.3 is 15.2 Å². The van der Waals surface area contributed by atoms with Gasteiger partial charge in [0.05, 0.1) is 19.3 Å². The van der Waals surface area contributed by atoms with Crippen molar-refractivity contribution in [1.29, 1.82) is 0 Å². The molecule has 2 N–H and O–H groups in total. The highest BCUT2D eigenvalue weighted by molar-refractivity contribution is 9.10. The van der Waals surface area contributed by atoms with Crippen molar-refractivity contribution >= 4 is 27.3 Å². The number of aliphatic hydroxyl groups excluding tert-OH is 1. The van der Waals surface area contributed by atoms with Crippen LogP contribution in [0.2, 0.25) is 0 Å². The Hall–Kier alpha value is 0.0600. The Morgan fingerprint density at radius 3 is 3.00 bits per heavy atom. The molecule has 0 aliphatic rings. The molecule has 0 spiro atoms. The lowest BCUT2D eigenvalue weighted by Crippen LogP contribution is -2.27. The molecule has 1 aromatic rings. The second-order valence-electron chi connectivity index (χ2n) is 2.81. The van der Waals surface area contributed by atoms with Gasteiger partial charge in [0.2, 0.25) is 0 Å². The Morgan fingerprint density at radius 1 is 1.71 bits per heavy atom. The Labute approximate surface area is 96.2 Å². The van der Waals surface area contributed by atoms with Crippen molar-refractivity contribution < 1.29 is 9.84 Å². The summed E-state index contributed by atoms with van der Waals surface area (Å²) < 4.78 is 5.98. The monoisotopic (exact) mass is 279 g/mol. The minimum absolute atomic E-state index is 0.000440. The molecule has 1 atom stereocenters. The Morgan fingerprint density at radius 2 is 2.50 bits per heavy atom. The summed E-state index contributed by atoms with van der Waals surface area (Å²) in [5, 5.41) is 14.4. The lowest BCUT2D eigenvalue weighted by Gasteiger charge is -2.14. The molecule has 0 radical (unpaired) electrons. The maximum absolute atomic E-state index is 9.20. The van der Waals surface area contributed by atoms with Gasteiger partial charge in [-0.15, -0.1) is 11.3 Å². The second kappa shape index (κ2) is 6.53. The highest BCUT2D eigenvalue weighted by atomic mass is 79.9. The van der Waals surface area contributed by atoms with Gasteiger partial charge in [-0.25, -0.2) is 0 Å². The smallest absolute Gasteiger partial charge is 0.0662 e. The summed E-state index contributed by atoms with van der Waals surface area (Å²) in [7, 11) is 1.66. The molecule has 5 heteroatoms. The van der Waals surface area contributed by atoms with Gasteiger partial charge in [0, 0.05) is 23.0 Å². The number of hydrogen-bond acceptors (Lipinski definition) is 4. The van der Waals surface area contributed by atoms with E-state index in [1.165, 1.54) is 0 Å². The van der Waals surface area contributed by atoms with Crippen LogP contribution in [0.4, 0.5) is 0 Å². The van der Waals surface area contributed by atoms with Gasteiger partial charge in [-0.1, -0.05) is 0 Å². The SMILES string of the molecule is COCCNC(CO)c1sccc1Br. The van der Waals surface area contributed by atoms with Crippen LogP contribution in [0.1, 0.15) is 10.9 Å². The van der Waals surface area contributed by atoms with Crippen LogP contribution in [0.5, 0.6) is 0 Å². The van der Waals surface area contributed by atoms with Gasteiger partial charge in [0.25, 0.3) is 0 Å². The first-order valence-electron chi connectivity index (χ1n) is 4.35. The summed E-state index contributed by atoms with van der Waals surface area (Å²) in [5.41, 5.74) is 0. The summed E-state index contributed by atoms with van der Waals surface area (Å²) in [5.74, 6) is 0.